The van der Waals surface area contributed by atoms with Gasteiger partial charge in [0.05, 0.1) is 5.69 Å². The predicted octanol–water partition coefficient (Wildman–Crippen LogP) is 4.36. The number of amides is 1. The molecule has 0 saturated heterocycles. The smallest absolute Gasteiger partial charge is 0.241 e. The van der Waals surface area contributed by atoms with Crippen LogP contribution in [0.4, 0.5) is 5.69 Å². The summed E-state index contributed by atoms with van der Waals surface area (Å²) in [6, 6.07) is 16.4. The molecule has 2 aromatic carbocycles. The standard InChI is InChI=1S/C21H26N2O2/c1-3-5-11-16-22-23(20(24)4-2)19-15-10-9-14-18(19)21(25)17-12-7-6-8-13-17/h6-10,12-15,22H,3-5,11,16H2,1-2H3. The maximum absolute atomic E-state index is 12.9. The molecule has 2 rings (SSSR count). The van der Waals surface area contributed by atoms with E-state index in [9.17, 15) is 9.59 Å². The average Bonchev–Trinajstić information content (AvgIpc) is 2.68. The Kier molecular flexibility index (Phi) is 7.36. The predicted molar refractivity (Wildman–Crippen MR) is 102 cm³/mol. The molecule has 2 aromatic rings. The lowest BCUT2D eigenvalue weighted by molar-refractivity contribution is -0.119. The number of para-hydroxylation sites is 1. The van der Waals surface area contributed by atoms with Gasteiger partial charge in [-0.2, -0.15) is 0 Å². The van der Waals surface area contributed by atoms with Crippen LogP contribution in [0.15, 0.2) is 54.6 Å². The number of carbonyl (C=O) groups is 2. The van der Waals surface area contributed by atoms with Crippen LogP contribution >= 0.6 is 0 Å². The fourth-order valence-electron chi connectivity index (χ4n) is 2.64. The van der Waals surface area contributed by atoms with Crippen LogP contribution in [0.25, 0.3) is 0 Å². The van der Waals surface area contributed by atoms with E-state index in [-0.39, 0.29) is 11.7 Å². The molecule has 0 unspecified atom stereocenters. The van der Waals surface area contributed by atoms with E-state index in [1.54, 1.807) is 18.2 Å². The van der Waals surface area contributed by atoms with Crippen LogP contribution in [-0.4, -0.2) is 18.2 Å². The highest BCUT2D eigenvalue weighted by Gasteiger charge is 2.21. The Morgan fingerprint density at radius 2 is 1.60 bits per heavy atom. The molecule has 0 radical (unpaired) electrons. The number of hydrogen-bond acceptors (Lipinski definition) is 3. The molecule has 25 heavy (non-hydrogen) atoms. The first-order chi connectivity index (χ1) is 12.2. The molecule has 0 aliphatic carbocycles. The summed E-state index contributed by atoms with van der Waals surface area (Å²) in [7, 11) is 0. The van der Waals surface area contributed by atoms with Crippen molar-refractivity contribution in [2.75, 3.05) is 11.6 Å². The van der Waals surface area contributed by atoms with Crippen LogP contribution in [0.2, 0.25) is 0 Å². The maximum atomic E-state index is 12.9. The Morgan fingerprint density at radius 1 is 0.920 bits per heavy atom. The van der Waals surface area contributed by atoms with Crippen molar-refractivity contribution in [3.63, 3.8) is 0 Å². The van der Waals surface area contributed by atoms with Gasteiger partial charge in [0.2, 0.25) is 5.91 Å². The van der Waals surface area contributed by atoms with Gasteiger partial charge >= 0.3 is 0 Å². The zero-order chi connectivity index (χ0) is 18.1. The van der Waals surface area contributed by atoms with E-state index >= 15 is 0 Å². The topological polar surface area (TPSA) is 49.4 Å². The monoisotopic (exact) mass is 338 g/mol. The van der Waals surface area contributed by atoms with E-state index in [1.807, 2.05) is 43.3 Å². The average molecular weight is 338 g/mol. The number of carbonyl (C=O) groups excluding carboxylic acids is 2. The molecule has 4 heteroatoms. The molecular formula is C21H26N2O2. The Labute approximate surface area is 149 Å². The van der Waals surface area contributed by atoms with E-state index in [1.165, 1.54) is 5.01 Å². The Balaban J connectivity index is 2.31. The van der Waals surface area contributed by atoms with Gasteiger partial charge in [-0.1, -0.05) is 69.2 Å². The van der Waals surface area contributed by atoms with Crippen LogP contribution in [-0.2, 0) is 4.79 Å². The van der Waals surface area contributed by atoms with Gasteiger partial charge in [0, 0.05) is 24.1 Å². The Bertz CT molecular complexity index is 698. The number of benzene rings is 2. The summed E-state index contributed by atoms with van der Waals surface area (Å²) in [6.07, 6.45) is 3.58. The third-order valence-electron chi connectivity index (χ3n) is 4.03. The first-order valence-corrected chi connectivity index (χ1v) is 8.94. The first kappa shape index (κ1) is 18.9. The molecule has 0 fully saturated rings. The first-order valence-electron chi connectivity index (χ1n) is 8.94. The van der Waals surface area contributed by atoms with Gasteiger partial charge in [0.1, 0.15) is 0 Å². The zero-order valence-corrected chi connectivity index (χ0v) is 15.0. The molecule has 0 aliphatic heterocycles. The van der Waals surface area contributed by atoms with Crippen molar-refractivity contribution in [1.29, 1.82) is 0 Å². The van der Waals surface area contributed by atoms with Crippen LogP contribution in [0, 0.1) is 0 Å². The molecular weight excluding hydrogens is 312 g/mol. The van der Waals surface area contributed by atoms with E-state index in [0.717, 1.165) is 19.3 Å². The van der Waals surface area contributed by atoms with Gasteiger partial charge in [-0.05, 0) is 18.6 Å². The highest BCUT2D eigenvalue weighted by Crippen LogP contribution is 2.23. The van der Waals surface area contributed by atoms with Crippen LogP contribution < -0.4 is 10.4 Å². The highest BCUT2D eigenvalue weighted by molar-refractivity contribution is 6.14. The number of hydrazine groups is 1. The molecule has 1 amide bonds. The molecule has 4 nitrogen and oxygen atoms in total. The van der Waals surface area contributed by atoms with Crippen molar-refractivity contribution in [1.82, 2.24) is 5.43 Å². The molecule has 0 heterocycles. The van der Waals surface area contributed by atoms with E-state index in [4.69, 9.17) is 0 Å². The second-order valence-electron chi connectivity index (χ2n) is 5.91. The number of rotatable bonds is 9. The highest BCUT2D eigenvalue weighted by atomic mass is 16.2. The molecule has 132 valence electrons. The lowest BCUT2D eigenvalue weighted by Crippen LogP contribution is -2.44. The minimum Gasteiger partial charge on any atom is -0.289 e. The summed E-state index contributed by atoms with van der Waals surface area (Å²) in [5, 5.41) is 1.53. The number of anilines is 1. The van der Waals surface area contributed by atoms with Gasteiger partial charge in [-0.25, -0.2) is 10.4 Å². The normalized spacial score (nSPS) is 10.5. The van der Waals surface area contributed by atoms with Crippen LogP contribution in [0.3, 0.4) is 0 Å². The Morgan fingerprint density at radius 3 is 2.28 bits per heavy atom. The van der Waals surface area contributed by atoms with Crippen molar-refractivity contribution < 1.29 is 9.59 Å². The molecule has 0 bridgehead atoms. The summed E-state index contributed by atoms with van der Waals surface area (Å²) in [4.78, 5) is 25.3. The van der Waals surface area contributed by atoms with Crippen molar-refractivity contribution in [2.45, 2.75) is 39.5 Å². The SMILES string of the molecule is CCCCCNN(C(=O)CC)c1ccccc1C(=O)c1ccccc1. The zero-order valence-electron chi connectivity index (χ0n) is 15.0. The van der Waals surface area contributed by atoms with E-state index in [2.05, 4.69) is 12.3 Å². The fraction of sp³-hybridized carbons (Fsp3) is 0.333. The maximum Gasteiger partial charge on any atom is 0.241 e. The minimum absolute atomic E-state index is 0.0511. The van der Waals surface area contributed by atoms with Crippen molar-refractivity contribution in [3.8, 4) is 0 Å². The Hall–Kier alpha value is -2.46. The van der Waals surface area contributed by atoms with Crippen LogP contribution in [0.1, 0.15) is 55.5 Å². The number of nitrogens with one attached hydrogen (secondary N) is 1. The molecule has 0 aromatic heterocycles. The number of ketones is 1. The third kappa shape index (κ3) is 5.00. The number of nitrogens with zero attached hydrogens (tertiary/aromatic N) is 1. The quantitative estimate of drug-likeness (QED) is 0.420. The molecule has 0 atom stereocenters. The van der Waals surface area contributed by atoms with Gasteiger partial charge in [-0.15, -0.1) is 0 Å². The van der Waals surface area contributed by atoms with Gasteiger partial charge in [0.25, 0.3) is 0 Å². The minimum atomic E-state index is -0.0829. The number of hydrogen-bond donors (Lipinski definition) is 1. The summed E-state index contributed by atoms with van der Waals surface area (Å²) in [5.41, 5.74) is 4.95. The van der Waals surface area contributed by atoms with Crippen LogP contribution in [0.5, 0.6) is 0 Å². The fourth-order valence-corrected chi connectivity index (χ4v) is 2.64. The lowest BCUT2D eigenvalue weighted by Gasteiger charge is -2.25. The third-order valence-corrected chi connectivity index (χ3v) is 4.03. The van der Waals surface area contributed by atoms with Gasteiger partial charge in [0.15, 0.2) is 5.78 Å². The van der Waals surface area contributed by atoms with Crippen molar-refractivity contribution in [2.24, 2.45) is 0 Å². The van der Waals surface area contributed by atoms with Gasteiger partial charge < -0.3 is 0 Å². The van der Waals surface area contributed by atoms with Gasteiger partial charge in [-0.3, -0.25) is 9.59 Å². The molecule has 0 spiro atoms. The molecule has 0 saturated carbocycles. The van der Waals surface area contributed by atoms with Crippen molar-refractivity contribution in [3.05, 3.63) is 65.7 Å². The molecule has 0 aliphatic rings. The largest absolute Gasteiger partial charge is 0.289 e. The summed E-state index contributed by atoms with van der Waals surface area (Å²) >= 11 is 0. The molecule has 1 N–H and O–H groups in total. The summed E-state index contributed by atoms with van der Waals surface area (Å²) in [5.74, 6) is -0.134. The lowest BCUT2D eigenvalue weighted by atomic mass is 10.0. The summed E-state index contributed by atoms with van der Waals surface area (Å²) in [6.45, 7) is 4.67. The summed E-state index contributed by atoms with van der Waals surface area (Å²) < 4.78 is 0. The van der Waals surface area contributed by atoms with Crippen molar-refractivity contribution >= 4 is 17.4 Å². The second kappa shape index (κ2) is 9.74. The van der Waals surface area contributed by atoms with E-state index < -0.39 is 0 Å². The number of unbranched alkanes of at least 4 members (excludes halogenated alkanes) is 2. The van der Waals surface area contributed by atoms with E-state index in [0.29, 0.717) is 29.8 Å². The second-order valence-corrected chi connectivity index (χ2v) is 5.91.